The van der Waals surface area contributed by atoms with E-state index >= 15 is 0 Å². The summed E-state index contributed by atoms with van der Waals surface area (Å²) in [6.07, 6.45) is -0.743. The van der Waals surface area contributed by atoms with Crippen LogP contribution in [-0.4, -0.2) is 30.2 Å². The molecule has 2 heterocycles. The predicted molar refractivity (Wildman–Crippen MR) is 90.9 cm³/mol. The second-order valence-corrected chi connectivity index (χ2v) is 6.13. The van der Waals surface area contributed by atoms with Crippen LogP contribution in [0.4, 0.5) is 0 Å². The number of benzene rings is 2. The van der Waals surface area contributed by atoms with Crippen LogP contribution in [0.3, 0.4) is 0 Å². The maximum atomic E-state index is 9.67. The molecule has 24 heavy (non-hydrogen) atoms. The lowest BCUT2D eigenvalue weighted by atomic mass is 10.2. The van der Waals surface area contributed by atoms with Gasteiger partial charge in [0.05, 0.1) is 11.1 Å². The Labute approximate surface area is 145 Å². The Bertz CT molecular complexity index is 1020. The minimum atomic E-state index is -0.743. The van der Waals surface area contributed by atoms with Crippen molar-refractivity contribution in [3.8, 4) is 22.8 Å². The predicted octanol–water partition coefficient (Wildman–Crippen LogP) is 3.42. The van der Waals surface area contributed by atoms with Crippen LogP contribution in [0.1, 0.15) is 13.2 Å². The molecule has 0 aliphatic heterocycles. The van der Waals surface area contributed by atoms with E-state index in [9.17, 15) is 5.11 Å². The molecule has 0 fully saturated rings. The number of hydrogen-bond donors (Lipinski definition) is 1. The molecule has 0 radical (unpaired) electrons. The van der Waals surface area contributed by atoms with E-state index in [1.807, 2.05) is 42.5 Å². The minimum absolute atomic E-state index is 0.435. The fourth-order valence-corrected chi connectivity index (χ4v) is 2.90. The molecule has 0 aliphatic rings. The lowest BCUT2D eigenvalue weighted by Crippen LogP contribution is -2.05. The van der Waals surface area contributed by atoms with Gasteiger partial charge in [-0.05, 0) is 53.2 Å². The van der Waals surface area contributed by atoms with Gasteiger partial charge >= 0.3 is 0 Å². The van der Waals surface area contributed by atoms with Crippen LogP contribution >= 0.6 is 15.9 Å². The third-order valence-electron chi connectivity index (χ3n) is 3.61. The van der Waals surface area contributed by atoms with Gasteiger partial charge in [-0.2, -0.15) is 4.98 Å². The van der Waals surface area contributed by atoms with Gasteiger partial charge in [0.25, 0.3) is 5.89 Å². The first kappa shape index (κ1) is 15.0. The highest BCUT2D eigenvalue weighted by molar-refractivity contribution is 9.10. The Morgan fingerprint density at radius 3 is 2.83 bits per heavy atom. The summed E-state index contributed by atoms with van der Waals surface area (Å²) in [6, 6.07) is 13.1. The standard InChI is InChI=1S/C16H12BrN5O2/c1-9(23)22-14-7-6-10(8-13(14)19-21-22)15-18-16(24-20-15)11-4-2-3-5-12(11)17/h2-9,23H,1H3. The summed E-state index contributed by atoms with van der Waals surface area (Å²) in [6.45, 7) is 1.63. The fourth-order valence-electron chi connectivity index (χ4n) is 2.44. The molecule has 2 aromatic carbocycles. The third kappa shape index (κ3) is 2.49. The molecule has 1 N–H and O–H groups in total. The zero-order valence-corrected chi connectivity index (χ0v) is 14.2. The summed E-state index contributed by atoms with van der Waals surface area (Å²) >= 11 is 3.47. The topological polar surface area (TPSA) is 89.9 Å². The molecule has 0 saturated carbocycles. The van der Waals surface area contributed by atoms with Gasteiger partial charge < -0.3 is 9.63 Å². The highest BCUT2D eigenvalue weighted by Gasteiger charge is 2.15. The lowest BCUT2D eigenvalue weighted by Gasteiger charge is -2.04. The molecule has 7 nitrogen and oxygen atoms in total. The molecule has 4 aromatic rings. The second kappa shape index (κ2) is 5.81. The maximum Gasteiger partial charge on any atom is 0.259 e. The third-order valence-corrected chi connectivity index (χ3v) is 4.30. The Morgan fingerprint density at radius 1 is 1.21 bits per heavy atom. The quantitative estimate of drug-likeness (QED) is 0.580. The van der Waals surface area contributed by atoms with E-state index < -0.39 is 6.23 Å². The van der Waals surface area contributed by atoms with E-state index in [1.165, 1.54) is 4.68 Å². The van der Waals surface area contributed by atoms with E-state index in [0.29, 0.717) is 17.2 Å². The molecule has 0 saturated heterocycles. The Balaban J connectivity index is 1.75. The molecule has 0 aliphatic carbocycles. The van der Waals surface area contributed by atoms with Crippen LogP contribution in [0.2, 0.25) is 0 Å². The molecular formula is C16H12BrN5O2. The Kier molecular flexibility index (Phi) is 3.62. The van der Waals surface area contributed by atoms with E-state index in [0.717, 1.165) is 21.1 Å². The largest absolute Gasteiger partial charge is 0.372 e. The number of fused-ring (bicyclic) bond motifs is 1. The normalized spacial score (nSPS) is 12.6. The number of aliphatic hydroxyl groups is 1. The van der Waals surface area contributed by atoms with Crippen LogP contribution in [0, 0.1) is 0 Å². The highest BCUT2D eigenvalue weighted by Crippen LogP contribution is 2.29. The van der Waals surface area contributed by atoms with Crippen molar-refractivity contribution in [2.24, 2.45) is 0 Å². The molecule has 120 valence electrons. The highest BCUT2D eigenvalue weighted by atomic mass is 79.9. The van der Waals surface area contributed by atoms with E-state index in [4.69, 9.17) is 4.52 Å². The average molecular weight is 386 g/mol. The summed E-state index contributed by atoms with van der Waals surface area (Å²) in [5, 5.41) is 21.7. The molecule has 1 atom stereocenters. The zero-order chi connectivity index (χ0) is 16.7. The van der Waals surface area contributed by atoms with Crippen molar-refractivity contribution < 1.29 is 9.63 Å². The van der Waals surface area contributed by atoms with Crippen molar-refractivity contribution in [3.63, 3.8) is 0 Å². The molecule has 8 heteroatoms. The molecule has 1 unspecified atom stereocenters. The van der Waals surface area contributed by atoms with E-state index in [-0.39, 0.29) is 0 Å². The summed E-state index contributed by atoms with van der Waals surface area (Å²) in [7, 11) is 0. The van der Waals surface area contributed by atoms with Gasteiger partial charge in [0.15, 0.2) is 0 Å². The average Bonchev–Trinajstić information content (AvgIpc) is 3.21. The first-order chi connectivity index (χ1) is 11.6. The molecule has 0 spiro atoms. The SMILES string of the molecule is CC(O)n1nnc2cc(-c3noc(-c4ccccc4Br)n3)ccc21. The van der Waals surface area contributed by atoms with E-state index in [1.54, 1.807) is 6.92 Å². The summed E-state index contributed by atoms with van der Waals surface area (Å²) in [4.78, 5) is 4.45. The van der Waals surface area contributed by atoms with Crippen molar-refractivity contribution in [3.05, 3.63) is 46.9 Å². The van der Waals surface area contributed by atoms with Crippen molar-refractivity contribution >= 4 is 27.0 Å². The van der Waals surface area contributed by atoms with Gasteiger partial charge in [-0.1, -0.05) is 22.5 Å². The molecule has 0 amide bonds. The molecule has 2 aromatic heterocycles. The van der Waals surface area contributed by atoms with Gasteiger partial charge in [0.1, 0.15) is 11.7 Å². The number of halogens is 1. The first-order valence-electron chi connectivity index (χ1n) is 7.25. The zero-order valence-electron chi connectivity index (χ0n) is 12.6. The maximum absolute atomic E-state index is 9.67. The van der Waals surface area contributed by atoms with Gasteiger partial charge in [-0.15, -0.1) is 5.10 Å². The van der Waals surface area contributed by atoms with Gasteiger partial charge in [-0.25, -0.2) is 4.68 Å². The van der Waals surface area contributed by atoms with Crippen molar-refractivity contribution in [1.82, 2.24) is 25.1 Å². The lowest BCUT2D eigenvalue weighted by molar-refractivity contribution is 0.113. The molecule has 4 rings (SSSR count). The van der Waals surface area contributed by atoms with Gasteiger partial charge in [0, 0.05) is 10.0 Å². The van der Waals surface area contributed by atoms with Crippen LogP contribution in [0.15, 0.2) is 51.5 Å². The second-order valence-electron chi connectivity index (χ2n) is 5.27. The summed E-state index contributed by atoms with van der Waals surface area (Å²) in [5.41, 5.74) is 2.99. The van der Waals surface area contributed by atoms with E-state index in [2.05, 4.69) is 36.4 Å². The van der Waals surface area contributed by atoms with Crippen molar-refractivity contribution in [2.75, 3.05) is 0 Å². The van der Waals surface area contributed by atoms with Crippen LogP contribution < -0.4 is 0 Å². The smallest absolute Gasteiger partial charge is 0.259 e. The summed E-state index contributed by atoms with van der Waals surface area (Å²) < 4.78 is 7.70. The molecule has 0 bridgehead atoms. The fraction of sp³-hybridized carbons (Fsp3) is 0.125. The number of aromatic nitrogens is 5. The monoisotopic (exact) mass is 385 g/mol. The van der Waals surface area contributed by atoms with Gasteiger partial charge in [-0.3, -0.25) is 0 Å². The van der Waals surface area contributed by atoms with Gasteiger partial charge in [0.2, 0.25) is 5.82 Å². The van der Waals surface area contributed by atoms with Crippen LogP contribution in [-0.2, 0) is 0 Å². The van der Waals surface area contributed by atoms with Crippen LogP contribution in [0.5, 0.6) is 0 Å². The number of aliphatic hydroxyl groups excluding tert-OH is 1. The number of hydrogen-bond acceptors (Lipinski definition) is 6. The number of nitrogens with zero attached hydrogens (tertiary/aromatic N) is 5. The Hall–Kier alpha value is -2.58. The van der Waals surface area contributed by atoms with Crippen molar-refractivity contribution in [1.29, 1.82) is 0 Å². The summed E-state index contributed by atoms with van der Waals surface area (Å²) in [5.74, 6) is 0.902. The Morgan fingerprint density at radius 2 is 2.04 bits per heavy atom. The molecular weight excluding hydrogens is 374 g/mol. The minimum Gasteiger partial charge on any atom is -0.372 e. The first-order valence-corrected chi connectivity index (χ1v) is 8.05. The van der Waals surface area contributed by atoms with Crippen molar-refractivity contribution in [2.45, 2.75) is 13.2 Å². The van der Waals surface area contributed by atoms with Crippen LogP contribution in [0.25, 0.3) is 33.9 Å². The number of rotatable bonds is 3.